The summed E-state index contributed by atoms with van der Waals surface area (Å²) in [5.74, 6) is -0.0683. The van der Waals surface area contributed by atoms with Crippen LogP contribution in [0.4, 0.5) is 4.39 Å². The van der Waals surface area contributed by atoms with Crippen LogP contribution in [0.15, 0.2) is 18.2 Å². The van der Waals surface area contributed by atoms with E-state index in [9.17, 15) is 9.50 Å². The molecule has 1 nitrogen and oxygen atoms in total. The molecule has 80 valence electrons. The van der Waals surface area contributed by atoms with E-state index < -0.39 is 0 Å². The van der Waals surface area contributed by atoms with Crippen LogP contribution < -0.4 is 0 Å². The Labute approximate surface area is 88.9 Å². The Bertz CT molecular complexity index is 385. The highest BCUT2D eigenvalue weighted by atomic mass is 19.1. The fraction of sp³-hybridized carbons (Fsp3) is 0.538. The van der Waals surface area contributed by atoms with Crippen molar-refractivity contribution in [2.75, 3.05) is 6.61 Å². The van der Waals surface area contributed by atoms with Crippen molar-refractivity contribution in [2.24, 2.45) is 5.41 Å². The molecular formula is C13H15FO. The lowest BCUT2D eigenvalue weighted by atomic mass is 9.33. The molecule has 3 aliphatic carbocycles. The fourth-order valence-corrected chi connectivity index (χ4v) is 3.73. The van der Waals surface area contributed by atoms with Crippen LogP contribution in [0.1, 0.15) is 30.4 Å². The topological polar surface area (TPSA) is 20.2 Å². The van der Waals surface area contributed by atoms with Crippen LogP contribution in [0.25, 0.3) is 0 Å². The first-order valence-electron chi connectivity index (χ1n) is 5.47. The van der Waals surface area contributed by atoms with Crippen molar-refractivity contribution < 1.29 is 9.50 Å². The van der Waals surface area contributed by atoms with Gasteiger partial charge in [0.1, 0.15) is 5.82 Å². The van der Waals surface area contributed by atoms with Gasteiger partial charge >= 0.3 is 0 Å². The minimum atomic E-state index is -0.0683. The smallest absolute Gasteiger partial charge is 0.127 e. The highest BCUT2D eigenvalue weighted by Crippen LogP contribution is 2.73. The van der Waals surface area contributed by atoms with Crippen LogP contribution in [-0.4, -0.2) is 11.7 Å². The lowest BCUT2D eigenvalue weighted by Crippen LogP contribution is -2.66. The second-order valence-corrected chi connectivity index (χ2v) is 5.40. The van der Waals surface area contributed by atoms with Crippen molar-refractivity contribution in [3.8, 4) is 0 Å². The lowest BCUT2D eigenvalue weighted by molar-refractivity contribution is -0.169. The van der Waals surface area contributed by atoms with Crippen molar-refractivity contribution >= 4 is 0 Å². The Kier molecular flexibility index (Phi) is 1.63. The second-order valence-electron chi connectivity index (χ2n) is 5.40. The van der Waals surface area contributed by atoms with E-state index in [4.69, 9.17) is 0 Å². The molecule has 0 heterocycles. The summed E-state index contributed by atoms with van der Waals surface area (Å²) >= 11 is 0. The van der Waals surface area contributed by atoms with Crippen molar-refractivity contribution in [3.05, 3.63) is 35.1 Å². The van der Waals surface area contributed by atoms with Crippen LogP contribution in [-0.2, 0) is 5.41 Å². The van der Waals surface area contributed by atoms with Gasteiger partial charge in [-0.3, -0.25) is 0 Å². The molecule has 15 heavy (non-hydrogen) atoms. The van der Waals surface area contributed by atoms with E-state index in [0.29, 0.717) is 0 Å². The number of rotatable bonds is 2. The molecule has 2 bridgehead atoms. The maximum absolute atomic E-state index is 13.8. The van der Waals surface area contributed by atoms with Crippen molar-refractivity contribution in [1.29, 1.82) is 0 Å². The summed E-state index contributed by atoms with van der Waals surface area (Å²) < 4.78 is 13.8. The van der Waals surface area contributed by atoms with Crippen LogP contribution in [0.2, 0.25) is 0 Å². The molecule has 3 fully saturated rings. The van der Waals surface area contributed by atoms with E-state index in [1.165, 1.54) is 0 Å². The molecule has 0 saturated heterocycles. The Morgan fingerprint density at radius 1 is 1.33 bits per heavy atom. The third kappa shape index (κ3) is 1.01. The number of halogens is 1. The van der Waals surface area contributed by atoms with Gasteiger partial charge in [0.2, 0.25) is 0 Å². The number of aryl methyl sites for hydroxylation is 1. The highest BCUT2D eigenvalue weighted by molar-refractivity contribution is 5.43. The first kappa shape index (κ1) is 9.34. The van der Waals surface area contributed by atoms with E-state index >= 15 is 0 Å². The summed E-state index contributed by atoms with van der Waals surface area (Å²) in [6.45, 7) is 2.24. The van der Waals surface area contributed by atoms with Crippen LogP contribution in [0.5, 0.6) is 0 Å². The van der Waals surface area contributed by atoms with Gasteiger partial charge in [0.05, 0.1) is 0 Å². The molecular weight excluding hydrogens is 191 g/mol. The normalized spacial score (nSPS) is 37.0. The molecule has 0 radical (unpaired) electrons. The van der Waals surface area contributed by atoms with Gasteiger partial charge in [-0.25, -0.2) is 4.39 Å². The van der Waals surface area contributed by atoms with E-state index in [0.717, 1.165) is 30.4 Å². The Morgan fingerprint density at radius 2 is 2.00 bits per heavy atom. The predicted molar refractivity (Wildman–Crippen MR) is 56.2 cm³/mol. The summed E-state index contributed by atoms with van der Waals surface area (Å²) in [5, 5.41) is 9.19. The summed E-state index contributed by atoms with van der Waals surface area (Å²) in [4.78, 5) is 0. The highest BCUT2D eigenvalue weighted by Gasteiger charge is 2.68. The predicted octanol–water partition coefficient (Wildman–Crippen LogP) is 2.55. The van der Waals surface area contributed by atoms with Gasteiger partial charge in [-0.2, -0.15) is 0 Å². The molecule has 3 aliphatic rings. The van der Waals surface area contributed by atoms with Gasteiger partial charge in [0.25, 0.3) is 0 Å². The van der Waals surface area contributed by atoms with Crippen molar-refractivity contribution in [1.82, 2.24) is 0 Å². The van der Waals surface area contributed by atoms with E-state index in [-0.39, 0.29) is 23.3 Å². The first-order chi connectivity index (χ1) is 7.11. The zero-order valence-electron chi connectivity index (χ0n) is 8.89. The molecule has 1 aromatic carbocycles. The third-order valence-electron chi connectivity index (χ3n) is 4.23. The van der Waals surface area contributed by atoms with Crippen molar-refractivity contribution in [3.63, 3.8) is 0 Å². The second kappa shape index (κ2) is 2.62. The first-order valence-corrected chi connectivity index (χ1v) is 5.47. The molecule has 0 spiro atoms. The van der Waals surface area contributed by atoms with Gasteiger partial charge in [-0.05, 0) is 48.8 Å². The largest absolute Gasteiger partial charge is 0.396 e. The number of hydrogen-bond donors (Lipinski definition) is 1. The summed E-state index contributed by atoms with van der Waals surface area (Å²) in [7, 11) is 0. The summed E-state index contributed by atoms with van der Waals surface area (Å²) in [6, 6.07) is 5.29. The molecule has 0 aliphatic heterocycles. The van der Waals surface area contributed by atoms with Gasteiger partial charge in [-0.1, -0.05) is 12.1 Å². The lowest BCUT2D eigenvalue weighted by Gasteiger charge is -2.70. The molecule has 1 N–H and O–H groups in total. The molecule has 0 unspecified atom stereocenters. The minimum absolute atomic E-state index is 0.0676. The number of hydrogen-bond acceptors (Lipinski definition) is 1. The van der Waals surface area contributed by atoms with Gasteiger partial charge < -0.3 is 5.11 Å². The van der Waals surface area contributed by atoms with Gasteiger partial charge in [0, 0.05) is 12.0 Å². The monoisotopic (exact) mass is 206 g/mol. The average molecular weight is 206 g/mol. The standard InChI is InChI=1S/C13H15FO/c1-9-3-2-4-10(14)11(9)13-5-12(6-13,7-13)8-15/h2-4,15H,5-8H2,1H3. The Hall–Kier alpha value is -0.890. The zero-order valence-corrected chi connectivity index (χ0v) is 8.89. The maximum atomic E-state index is 13.8. The number of aliphatic hydroxyl groups is 1. The Morgan fingerprint density at radius 3 is 2.53 bits per heavy atom. The quantitative estimate of drug-likeness (QED) is 0.788. The summed E-state index contributed by atoms with van der Waals surface area (Å²) in [6.07, 6.45) is 2.91. The maximum Gasteiger partial charge on any atom is 0.127 e. The van der Waals surface area contributed by atoms with Crippen LogP contribution >= 0.6 is 0 Å². The average Bonchev–Trinajstić information content (AvgIpc) is 2.06. The Balaban J connectivity index is 1.97. The van der Waals surface area contributed by atoms with E-state index in [1.807, 2.05) is 13.0 Å². The molecule has 2 heteroatoms. The van der Waals surface area contributed by atoms with Gasteiger partial charge in [0.15, 0.2) is 0 Å². The molecule has 0 amide bonds. The fourth-order valence-electron chi connectivity index (χ4n) is 3.73. The summed E-state index contributed by atoms with van der Waals surface area (Å²) in [5.41, 5.74) is 2.17. The van der Waals surface area contributed by atoms with E-state index in [2.05, 4.69) is 0 Å². The minimum Gasteiger partial charge on any atom is -0.396 e. The number of benzene rings is 1. The molecule has 3 saturated carbocycles. The molecule has 1 aromatic rings. The van der Waals surface area contributed by atoms with E-state index in [1.54, 1.807) is 12.1 Å². The van der Waals surface area contributed by atoms with Gasteiger partial charge in [-0.15, -0.1) is 0 Å². The third-order valence-corrected chi connectivity index (χ3v) is 4.23. The zero-order chi connectivity index (χ0) is 10.7. The number of aliphatic hydroxyl groups excluding tert-OH is 1. The van der Waals surface area contributed by atoms with Crippen molar-refractivity contribution in [2.45, 2.75) is 31.6 Å². The molecule has 4 rings (SSSR count). The molecule has 0 atom stereocenters. The SMILES string of the molecule is Cc1cccc(F)c1C12CC(CO)(C1)C2. The van der Waals surface area contributed by atoms with Crippen LogP contribution in [0.3, 0.4) is 0 Å². The van der Waals surface area contributed by atoms with Crippen LogP contribution in [0, 0.1) is 18.2 Å². The molecule has 0 aromatic heterocycles.